The van der Waals surface area contributed by atoms with Crippen LogP contribution < -0.4 is 4.74 Å². The first-order chi connectivity index (χ1) is 10.6. The van der Waals surface area contributed by atoms with Crippen LogP contribution in [0.4, 0.5) is 0 Å². The lowest BCUT2D eigenvalue weighted by atomic mass is 10.1. The molecule has 0 aliphatic heterocycles. The van der Waals surface area contributed by atoms with Crippen LogP contribution in [0.5, 0.6) is 5.75 Å². The Hall–Kier alpha value is -2.75. The predicted octanol–water partition coefficient (Wildman–Crippen LogP) is 3.24. The van der Waals surface area contributed by atoms with E-state index in [4.69, 9.17) is 9.84 Å². The molecule has 1 N–H and O–H groups in total. The molecule has 0 radical (unpaired) electrons. The molecule has 0 unspecified atom stereocenters. The van der Waals surface area contributed by atoms with Crippen molar-refractivity contribution >= 4 is 0 Å². The molecule has 0 fully saturated rings. The molecule has 0 heterocycles. The Bertz CT molecular complexity index is 744. The highest BCUT2D eigenvalue weighted by Gasteiger charge is 2.05. The van der Waals surface area contributed by atoms with Gasteiger partial charge in [0.25, 0.3) is 0 Å². The van der Waals surface area contributed by atoms with Gasteiger partial charge in [-0.3, -0.25) is 0 Å². The lowest BCUT2D eigenvalue weighted by Crippen LogP contribution is -2.06. The maximum Gasteiger partial charge on any atom is 0.137 e. The van der Waals surface area contributed by atoms with Crippen LogP contribution in [-0.4, -0.2) is 11.2 Å². The van der Waals surface area contributed by atoms with E-state index in [0.717, 1.165) is 16.7 Å². The van der Waals surface area contributed by atoms with Crippen molar-refractivity contribution in [3.8, 4) is 23.7 Å². The first-order valence-electron chi connectivity index (χ1n) is 7.05. The number of benzene rings is 2. The van der Waals surface area contributed by atoms with Crippen molar-refractivity contribution < 1.29 is 9.84 Å². The molecule has 0 spiro atoms. The topological polar surface area (TPSA) is 53.2 Å². The standard InChI is InChI=1S/C19H17NO2/c1-14(2)22-19-10-9-16(11-18(19)12-20)6-3-15-4-7-17(13-21)8-5-15/h4-5,7-11,14,21H,13H2,1-2H3. The van der Waals surface area contributed by atoms with Gasteiger partial charge in [-0.25, -0.2) is 0 Å². The van der Waals surface area contributed by atoms with Crippen molar-refractivity contribution in [1.82, 2.24) is 0 Å². The summed E-state index contributed by atoms with van der Waals surface area (Å²) < 4.78 is 5.59. The zero-order valence-electron chi connectivity index (χ0n) is 12.6. The van der Waals surface area contributed by atoms with Crippen LogP contribution in [0, 0.1) is 23.2 Å². The third-order valence-corrected chi connectivity index (χ3v) is 2.95. The minimum absolute atomic E-state index is 0.0223. The van der Waals surface area contributed by atoms with Gasteiger partial charge in [0.15, 0.2) is 0 Å². The summed E-state index contributed by atoms with van der Waals surface area (Å²) in [4.78, 5) is 0. The number of aliphatic hydroxyl groups is 1. The molecular weight excluding hydrogens is 274 g/mol. The minimum atomic E-state index is 0.0223. The molecule has 3 nitrogen and oxygen atoms in total. The molecule has 0 amide bonds. The number of ether oxygens (including phenoxy) is 1. The van der Waals surface area contributed by atoms with E-state index in [1.807, 2.05) is 44.2 Å². The van der Waals surface area contributed by atoms with Gasteiger partial charge in [-0.05, 0) is 49.7 Å². The smallest absolute Gasteiger partial charge is 0.137 e. The van der Waals surface area contributed by atoms with Gasteiger partial charge in [0.05, 0.1) is 18.3 Å². The van der Waals surface area contributed by atoms with E-state index in [2.05, 4.69) is 17.9 Å². The van der Waals surface area contributed by atoms with Crippen molar-refractivity contribution in [3.05, 3.63) is 64.7 Å². The highest BCUT2D eigenvalue weighted by molar-refractivity contribution is 5.51. The fourth-order valence-corrected chi connectivity index (χ4v) is 1.89. The van der Waals surface area contributed by atoms with Crippen LogP contribution in [-0.2, 0) is 6.61 Å². The Kier molecular flexibility index (Phi) is 5.20. The number of nitrogens with zero attached hydrogens (tertiary/aromatic N) is 1. The van der Waals surface area contributed by atoms with Crippen LogP contribution in [0.1, 0.15) is 36.1 Å². The van der Waals surface area contributed by atoms with Gasteiger partial charge in [-0.2, -0.15) is 5.26 Å². The lowest BCUT2D eigenvalue weighted by molar-refractivity contribution is 0.241. The number of hydrogen-bond acceptors (Lipinski definition) is 3. The first-order valence-corrected chi connectivity index (χ1v) is 7.05. The van der Waals surface area contributed by atoms with Crippen LogP contribution in [0.2, 0.25) is 0 Å². The molecule has 3 heteroatoms. The molecule has 0 aliphatic carbocycles. The predicted molar refractivity (Wildman–Crippen MR) is 85.3 cm³/mol. The van der Waals surface area contributed by atoms with Crippen molar-refractivity contribution in [3.63, 3.8) is 0 Å². The number of hydrogen-bond donors (Lipinski definition) is 1. The van der Waals surface area contributed by atoms with Gasteiger partial charge in [0.1, 0.15) is 11.8 Å². The van der Waals surface area contributed by atoms with E-state index in [9.17, 15) is 5.26 Å². The van der Waals surface area contributed by atoms with E-state index in [1.54, 1.807) is 12.1 Å². The summed E-state index contributed by atoms with van der Waals surface area (Å²) in [6, 6.07) is 14.9. The summed E-state index contributed by atoms with van der Waals surface area (Å²) in [5.41, 5.74) is 2.96. The summed E-state index contributed by atoms with van der Waals surface area (Å²) in [6.07, 6.45) is 0.0223. The summed E-state index contributed by atoms with van der Waals surface area (Å²) in [6.45, 7) is 3.87. The zero-order valence-corrected chi connectivity index (χ0v) is 12.6. The van der Waals surface area contributed by atoms with Gasteiger partial charge >= 0.3 is 0 Å². The van der Waals surface area contributed by atoms with Crippen molar-refractivity contribution in [2.45, 2.75) is 26.6 Å². The average molecular weight is 291 g/mol. The average Bonchev–Trinajstić information content (AvgIpc) is 2.54. The van der Waals surface area contributed by atoms with E-state index in [1.165, 1.54) is 0 Å². The summed E-state index contributed by atoms with van der Waals surface area (Å²) in [5, 5.41) is 18.2. The van der Waals surface area contributed by atoms with Crippen molar-refractivity contribution in [2.24, 2.45) is 0 Å². The van der Waals surface area contributed by atoms with Gasteiger partial charge in [0, 0.05) is 11.1 Å². The van der Waals surface area contributed by atoms with Gasteiger partial charge < -0.3 is 9.84 Å². The van der Waals surface area contributed by atoms with Crippen LogP contribution >= 0.6 is 0 Å². The van der Waals surface area contributed by atoms with Crippen LogP contribution in [0.3, 0.4) is 0 Å². The third-order valence-electron chi connectivity index (χ3n) is 2.95. The lowest BCUT2D eigenvalue weighted by Gasteiger charge is -2.10. The second-order valence-corrected chi connectivity index (χ2v) is 5.09. The Morgan fingerprint density at radius 3 is 2.27 bits per heavy atom. The molecular formula is C19H17NO2. The van der Waals surface area contributed by atoms with Gasteiger partial charge in [-0.15, -0.1) is 0 Å². The molecule has 110 valence electrons. The second-order valence-electron chi connectivity index (χ2n) is 5.09. The Morgan fingerprint density at radius 2 is 1.68 bits per heavy atom. The summed E-state index contributed by atoms with van der Waals surface area (Å²) in [5.74, 6) is 6.66. The van der Waals surface area contributed by atoms with Crippen LogP contribution in [0.25, 0.3) is 0 Å². The molecule has 0 saturated carbocycles. The highest BCUT2D eigenvalue weighted by Crippen LogP contribution is 2.20. The molecule has 2 aromatic rings. The summed E-state index contributed by atoms with van der Waals surface area (Å²) >= 11 is 0. The molecule has 0 aromatic heterocycles. The third kappa shape index (κ3) is 4.12. The van der Waals surface area contributed by atoms with Gasteiger partial charge in [0.2, 0.25) is 0 Å². The molecule has 2 aromatic carbocycles. The maximum atomic E-state index is 9.20. The van der Waals surface area contributed by atoms with Crippen molar-refractivity contribution in [2.75, 3.05) is 0 Å². The molecule has 22 heavy (non-hydrogen) atoms. The van der Waals surface area contributed by atoms with E-state index in [0.29, 0.717) is 11.3 Å². The fraction of sp³-hybridized carbons (Fsp3) is 0.211. The quantitative estimate of drug-likeness (QED) is 0.883. The largest absolute Gasteiger partial charge is 0.490 e. The van der Waals surface area contributed by atoms with E-state index < -0.39 is 0 Å². The molecule has 0 aliphatic rings. The van der Waals surface area contributed by atoms with Gasteiger partial charge in [-0.1, -0.05) is 24.0 Å². The molecule has 2 rings (SSSR count). The Labute approximate surface area is 130 Å². The zero-order chi connectivity index (χ0) is 15.9. The minimum Gasteiger partial charge on any atom is -0.490 e. The molecule has 0 bridgehead atoms. The molecule has 0 atom stereocenters. The maximum absolute atomic E-state index is 9.20. The first kappa shape index (κ1) is 15.6. The Balaban J connectivity index is 2.23. The monoisotopic (exact) mass is 291 g/mol. The SMILES string of the molecule is CC(C)Oc1ccc(C#Cc2ccc(CO)cc2)cc1C#N. The van der Waals surface area contributed by atoms with E-state index in [-0.39, 0.29) is 12.7 Å². The fourth-order valence-electron chi connectivity index (χ4n) is 1.89. The van der Waals surface area contributed by atoms with Crippen molar-refractivity contribution in [1.29, 1.82) is 5.26 Å². The normalized spacial score (nSPS) is 9.77. The highest BCUT2D eigenvalue weighted by atomic mass is 16.5. The number of aliphatic hydroxyl groups excluding tert-OH is 1. The summed E-state index contributed by atoms with van der Waals surface area (Å²) in [7, 11) is 0. The Morgan fingerprint density at radius 1 is 1.05 bits per heavy atom. The number of rotatable bonds is 3. The van der Waals surface area contributed by atoms with E-state index >= 15 is 0 Å². The number of nitriles is 1. The second kappa shape index (κ2) is 7.31. The van der Waals surface area contributed by atoms with Crippen LogP contribution in [0.15, 0.2) is 42.5 Å². The molecule has 0 saturated heterocycles.